The molecular formula is C12H17BrN2O3S. The molecule has 0 amide bonds. The van der Waals surface area contributed by atoms with Crippen LogP contribution in [0.15, 0.2) is 27.8 Å². The van der Waals surface area contributed by atoms with Crippen LogP contribution in [-0.2, 0) is 14.8 Å². The van der Waals surface area contributed by atoms with Gasteiger partial charge < -0.3 is 4.74 Å². The predicted molar refractivity (Wildman–Crippen MR) is 75.3 cm³/mol. The fourth-order valence-electron chi connectivity index (χ4n) is 2.26. The van der Waals surface area contributed by atoms with Crippen molar-refractivity contribution in [3.05, 3.63) is 22.9 Å². The van der Waals surface area contributed by atoms with Crippen molar-refractivity contribution in [1.82, 2.24) is 9.29 Å². The summed E-state index contributed by atoms with van der Waals surface area (Å²) in [4.78, 5) is 4.12. The van der Waals surface area contributed by atoms with E-state index in [1.807, 2.05) is 20.8 Å². The zero-order valence-corrected chi connectivity index (χ0v) is 13.5. The van der Waals surface area contributed by atoms with Crippen molar-refractivity contribution in [3.63, 3.8) is 0 Å². The molecule has 1 atom stereocenters. The summed E-state index contributed by atoms with van der Waals surface area (Å²) in [5, 5.41) is 0. The molecule has 5 nitrogen and oxygen atoms in total. The van der Waals surface area contributed by atoms with E-state index in [4.69, 9.17) is 4.74 Å². The van der Waals surface area contributed by atoms with Crippen molar-refractivity contribution in [2.45, 2.75) is 37.4 Å². The molecule has 7 heteroatoms. The van der Waals surface area contributed by atoms with Crippen molar-refractivity contribution >= 4 is 26.0 Å². The van der Waals surface area contributed by atoms with Crippen LogP contribution in [0.3, 0.4) is 0 Å². The maximum Gasteiger partial charge on any atom is 0.244 e. The van der Waals surface area contributed by atoms with E-state index in [2.05, 4.69) is 20.9 Å². The lowest BCUT2D eigenvalue weighted by atomic mass is 10.1. The van der Waals surface area contributed by atoms with E-state index in [0.717, 1.165) is 0 Å². The molecule has 1 aliphatic rings. The number of aromatic nitrogens is 1. The van der Waals surface area contributed by atoms with Gasteiger partial charge in [0.2, 0.25) is 10.0 Å². The Morgan fingerprint density at radius 1 is 1.47 bits per heavy atom. The standard InChI is InChI=1S/C12H17BrN2O3S/c1-9-7-15(8-12(2,3)18-9)19(16,17)11-4-10(13)5-14-6-11/h4-6,9H,7-8H2,1-3H3. The van der Waals surface area contributed by atoms with Gasteiger partial charge in [-0.2, -0.15) is 4.31 Å². The minimum Gasteiger partial charge on any atom is -0.370 e. The molecule has 1 fully saturated rings. The van der Waals surface area contributed by atoms with E-state index in [9.17, 15) is 8.42 Å². The Morgan fingerprint density at radius 2 is 2.16 bits per heavy atom. The molecule has 0 aromatic carbocycles. The lowest BCUT2D eigenvalue weighted by molar-refractivity contribution is -0.109. The Kier molecular flexibility index (Phi) is 4.02. The summed E-state index contributed by atoms with van der Waals surface area (Å²) in [6.45, 7) is 6.36. The molecule has 1 unspecified atom stereocenters. The molecule has 1 saturated heterocycles. The minimum absolute atomic E-state index is 0.126. The van der Waals surface area contributed by atoms with Gasteiger partial charge in [-0.25, -0.2) is 8.42 Å². The van der Waals surface area contributed by atoms with Crippen molar-refractivity contribution in [2.75, 3.05) is 13.1 Å². The number of pyridine rings is 1. The molecule has 0 aliphatic carbocycles. The largest absolute Gasteiger partial charge is 0.370 e. The normalized spacial score (nSPS) is 24.3. The van der Waals surface area contributed by atoms with E-state index in [0.29, 0.717) is 17.6 Å². The number of halogens is 1. The number of hydrogen-bond acceptors (Lipinski definition) is 4. The molecule has 19 heavy (non-hydrogen) atoms. The van der Waals surface area contributed by atoms with Crippen LogP contribution in [0.1, 0.15) is 20.8 Å². The number of sulfonamides is 1. The summed E-state index contributed by atoms with van der Waals surface area (Å²) in [7, 11) is -3.53. The van der Waals surface area contributed by atoms with Crippen LogP contribution in [0.4, 0.5) is 0 Å². The van der Waals surface area contributed by atoms with Gasteiger partial charge in [0, 0.05) is 30.0 Å². The van der Waals surface area contributed by atoms with Crippen molar-refractivity contribution in [2.24, 2.45) is 0 Å². The highest BCUT2D eigenvalue weighted by atomic mass is 79.9. The van der Waals surface area contributed by atoms with Gasteiger partial charge in [-0.1, -0.05) is 0 Å². The maximum absolute atomic E-state index is 12.6. The molecule has 1 aromatic rings. The first-order valence-corrected chi connectivity index (χ1v) is 8.22. The highest BCUT2D eigenvalue weighted by Gasteiger charge is 2.38. The third kappa shape index (κ3) is 3.34. The van der Waals surface area contributed by atoms with E-state index < -0.39 is 15.6 Å². The average Bonchev–Trinajstić information content (AvgIpc) is 2.26. The number of ether oxygens (including phenoxy) is 1. The molecular weight excluding hydrogens is 332 g/mol. The number of hydrogen-bond donors (Lipinski definition) is 0. The highest BCUT2D eigenvalue weighted by molar-refractivity contribution is 9.10. The van der Waals surface area contributed by atoms with Crippen LogP contribution in [0.25, 0.3) is 0 Å². The van der Waals surface area contributed by atoms with E-state index in [-0.39, 0.29) is 11.0 Å². The lowest BCUT2D eigenvalue weighted by Gasteiger charge is -2.40. The molecule has 0 spiro atoms. The van der Waals surface area contributed by atoms with Crippen LogP contribution in [0.5, 0.6) is 0 Å². The molecule has 0 radical (unpaired) electrons. The zero-order valence-electron chi connectivity index (χ0n) is 11.1. The smallest absolute Gasteiger partial charge is 0.244 e. The van der Waals surface area contributed by atoms with Gasteiger partial charge in [-0.15, -0.1) is 0 Å². The monoisotopic (exact) mass is 348 g/mol. The summed E-state index contributed by atoms with van der Waals surface area (Å²) in [6.07, 6.45) is 2.80. The Balaban J connectivity index is 2.34. The average molecular weight is 349 g/mol. The fourth-order valence-corrected chi connectivity index (χ4v) is 4.43. The fraction of sp³-hybridized carbons (Fsp3) is 0.583. The van der Waals surface area contributed by atoms with Gasteiger partial charge in [-0.3, -0.25) is 4.98 Å². The molecule has 0 N–H and O–H groups in total. The second-order valence-electron chi connectivity index (χ2n) is 5.32. The SMILES string of the molecule is CC1CN(S(=O)(=O)c2cncc(Br)c2)CC(C)(C)O1. The molecule has 106 valence electrons. The summed E-state index contributed by atoms with van der Waals surface area (Å²) in [6, 6.07) is 1.56. The summed E-state index contributed by atoms with van der Waals surface area (Å²) < 4.78 is 33.0. The third-order valence-electron chi connectivity index (χ3n) is 2.86. The molecule has 1 aromatic heterocycles. The van der Waals surface area contributed by atoms with Crippen molar-refractivity contribution in [1.29, 1.82) is 0 Å². The first-order chi connectivity index (χ1) is 8.71. The van der Waals surface area contributed by atoms with Crippen LogP contribution < -0.4 is 0 Å². The lowest BCUT2D eigenvalue weighted by Crippen LogP contribution is -2.53. The summed E-state index contributed by atoms with van der Waals surface area (Å²) in [5.41, 5.74) is -0.482. The van der Waals surface area contributed by atoms with Crippen LogP contribution >= 0.6 is 15.9 Å². The van der Waals surface area contributed by atoms with Crippen LogP contribution in [0.2, 0.25) is 0 Å². The van der Waals surface area contributed by atoms with E-state index in [1.54, 1.807) is 12.3 Å². The van der Waals surface area contributed by atoms with Crippen LogP contribution in [-0.4, -0.2) is 42.5 Å². The van der Waals surface area contributed by atoms with Gasteiger partial charge in [0.05, 0.1) is 11.7 Å². The maximum atomic E-state index is 12.6. The highest BCUT2D eigenvalue weighted by Crippen LogP contribution is 2.26. The molecule has 1 aliphatic heterocycles. The topological polar surface area (TPSA) is 59.5 Å². The number of rotatable bonds is 2. The van der Waals surface area contributed by atoms with Gasteiger partial charge in [0.1, 0.15) is 4.90 Å². The molecule has 2 heterocycles. The number of morpholine rings is 1. The van der Waals surface area contributed by atoms with Crippen LogP contribution in [0, 0.1) is 0 Å². The van der Waals surface area contributed by atoms with Gasteiger partial charge in [0.25, 0.3) is 0 Å². The predicted octanol–water partition coefficient (Wildman–Crippen LogP) is 2.03. The van der Waals surface area contributed by atoms with E-state index >= 15 is 0 Å². The summed E-state index contributed by atoms with van der Waals surface area (Å²) in [5.74, 6) is 0. The van der Waals surface area contributed by atoms with E-state index in [1.165, 1.54) is 10.5 Å². The van der Waals surface area contributed by atoms with Gasteiger partial charge in [0.15, 0.2) is 0 Å². The molecule has 0 saturated carbocycles. The Morgan fingerprint density at radius 3 is 2.74 bits per heavy atom. The first kappa shape index (κ1) is 14.9. The molecule has 2 rings (SSSR count). The Hall–Kier alpha value is -0.500. The van der Waals surface area contributed by atoms with Gasteiger partial charge >= 0.3 is 0 Å². The zero-order chi connectivity index (χ0) is 14.3. The minimum atomic E-state index is -3.53. The third-order valence-corrected chi connectivity index (χ3v) is 5.07. The quantitative estimate of drug-likeness (QED) is 0.820. The second kappa shape index (κ2) is 5.12. The van der Waals surface area contributed by atoms with Crippen molar-refractivity contribution in [3.8, 4) is 0 Å². The first-order valence-electron chi connectivity index (χ1n) is 5.99. The number of nitrogens with zero attached hydrogens (tertiary/aromatic N) is 2. The summed E-state index contributed by atoms with van der Waals surface area (Å²) >= 11 is 3.24. The van der Waals surface area contributed by atoms with Gasteiger partial charge in [-0.05, 0) is 42.8 Å². The Labute approximate surface area is 122 Å². The second-order valence-corrected chi connectivity index (χ2v) is 8.18. The van der Waals surface area contributed by atoms with Crippen molar-refractivity contribution < 1.29 is 13.2 Å². The Bertz CT molecular complexity index is 574. The molecule has 0 bridgehead atoms.